The van der Waals surface area contributed by atoms with Crippen LogP contribution in [0.4, 0.5) is 0 Å². The van der Waals surface area contributed by atoms with Gasteiger partial charge in [-0.3, -0.25) is 0 Å². The van der Waals surface area contributed by atoms with Crippen molar-refractivity contribution in [2.45, 2.75) is 40.2 Å². The van der Waals surface area contributed by atoms with Crippen molar-refractivity contribution in [1.82, 2.24) is 15.0 Å². The highest BCUT2D eigenvalue weighted by atomic mass is 79.9. The predicted octanol–water partition coefficient (Wildman–Crippen LogP) is 2.79. The van der Waals surface area contributed by atoms with E-state index in [1.165, 1.54) is 12.8 Å². The second-order valence-electron chi connectivity index (χ2n) is 3.07. The van der Waals surface area contributed by atoms with Crippen molar-refractivity contribution in [2.24, 2.45) is 5.92 Å². The van der Waals surface area contributed by atoms with Gasteiger partial charge in [0.15, 0.2) is 4.60 Å². The van der Waals surface area contributed by atoms with Crippen molar-refractivity contribution in [3.05, 3.63) is 10.3 Å². The fraction of sp³-hybridized carbons (Fsp3) is 0.778. The van der Waals surface area contributed by atoms with Crippen LogP contribution in [0.15, 0.2) is 4.60 Å². The fourth-order valence-corrected chi connectivity index (χ4v) is 1.29. The van der Waals surface area contributed by atoms with Crippen molar-refractivity contribution >= 4 is 15.9 Å². The lowest BCUT2D eigenvalue weighted by Gasteiger charge is -1.93. The van der Waals surface area contributed by atoms with Crippen LogP contribution >= 0.6 is 15.9 Å². The maximum Gasteiger partial charge on any atom is 0.151 e. The maximum atomic E-state index is 4.25. The molecular formula is C9H16BrN3. The van der Waals surface area contributed by atoms with Crippen molar-refractivity contribution < 1.29 is 0 Å². The van der Waals surface area contributed by atoms with Gasteiger partial charge in [-0.1, -0.05) is 13.8 Å². The maximum absolute atomic E-state index is 4.25. The number of aryl methyl sites for hydroxylation is 1. The molecule has 0 radical (unpaired) electrons. The lowest BCUT2D eigenvalue weighted by atomic mass is 10.4. The molecule has 2 rings (SSSR count). The quantitative estimate of drug-likeness (QED) is 0.803. The minimum Gasteiger partial charge on any atom is -0.183 e. The fourth-order valence-electron chi connectivity index (χ4n) is 1.02. The molecule has 0 N–H and O–H groups in total. The average molecular weight is 246 g/mol. The first-order chi connectivity index (χ1) is 6.25. The zero-order valence-corrected chi connectivity index (χ0v) is 10.0. The van der Waals surface area contributed by atoms with Gasteiger partial charge in [-0.25, -0.2) is 0 Å². The van der Waals surface area contributed by atoms with Crippen LogP contribution in [0, 0.1) is 12.8 Å². The molecule has 0 aromatic carbocycles. The van der Waals surface area contributed by atoms with Crippen LogP contribution in [0.25, 0.3) is 0 Å². The van der Waals surface area contributed by atoms with Crippen molar-refractivity contribution in [1.29, 1.82) is 0 Å². The van der Waals surface area contributed by atoms with Gasteiger partial charge in [0, 0.05) is 0 Å². The first-order valence-corrected chi connectivity index (χ1v) is 5.62. The Balaban J connectivity index is 0.000000396. The van der Waals surface area contributed by atoms with Crippen LogP contribution in [0.5, 0.6) is 0 Å². The van der Waals surface area contributed by atoms with Gasteiger partial charge in [-0.15, -0.1) is 5.10 Å². The van der Waals surface area contributed by atoms with Gasteiger partial charge < -0.3 is 0 Å². The molecule has 0 saturated heterocycles. The molecular weight excluding hydrogens is 230 g/mol. The summed E-state index contributed by atoms with van der Waals surface area (Å²) in [6.07, 6.45) is 2.69. The van der Waals surface area contributed by atoms with E-state index in [4.69, 9.17) is 0 Å². The molecule has 1 aliphatic carbocycles. The van der Waals surface area contributed by atoms with Gasteiger partial charge in [0.1, 0.15) is 0 Å². The van der Waals surface area contributed by atoms with E-state index >= 15 is 0 Å². The Hall–Kier alpha value is -0.380. The Morgan fingerprint density at radius 3 is 2.38 bits per heavy atom. The van der Waals surface area contributed by atoms with Crippen LogP contribution < -0.4 is 0 Å². The number of hydrogen-bond acceptors (Lipinski definition) is 2. The summed E-state index contributed by atoms with van der Waals surface area (Å²) in [5, 5.41) is 8.46. The largest absolute Gasteiger partial charge is 0.183 e. The third-order valence-corrected chi connectivity index (χ3v) is 2.62. The minimum absolute atomic E-state index is 0.841. The van der Waals surface area contributed by atoms with E-state index in [1.54, 1.807) is 4.80 Å². The summed E-state index contributed by atoms with van der Waals surface area (Å²) >= 11 is 3.33. The van der Waals surface area contributed by atoms with E-state index in [-0.39, 0.29) is 0 Å². The molecule has 1 fully saturated rings. The van der Waals surface area contributed by atoms with Crippen LogP contribution in [-0.2, 0) is 6.54 Å². The molecule has 1 aromatic heterocycles. The molecule has 0 atom stereocenters. The van der Waals surface area contributed by atoms with E-state index < -0.39 is 0 Å². The van der Waals surface area contributed by atoms with E-state index in [0.717, 1.165) is 22.8 Å². The van der Waals surface area contributed by atoms with Crippen LogP contribution in [-0.4, -0.2) is 15.0 Å². The van der Waals surface area contributed by atoms with Crippen LogP contribution in [0.1, 0.15) is 32.4 Å². The summed E-state index contributed by atoms with van der Waals surface area (Å²) < 4.78 is 0.873. The summed E-state index contributed by atoms with van der Waals surface area (Å²) in [5.74, 6) is 0.841. The zero-order valence-electron chi connectivity index (χ0n) is 8.42. The van der Waals surface area contributed by atoms with Crippen molar-refractivity contribution in [3.8, 4) is 0 Å². The number of halogens is 1. The van der Waals surface area contributed by atoms with Gasteiger partial charge in [-0.2, -0.15) is 9.90 Å². The number of aromatic nitrogens is 3. The standard InChI is InChI=1S/C7H10BrN3.C2H6/c1-5-7(8)10-11(9-5)4-6-2-3-6;1-2/h6H,2-4H2,1H3;1-2H3. The highest BCUT2D eigenvalue weighted by Gasteiger charge is 2.22. The molecule has 0 amide bonds. The smallest absolute Gasteiger partial charge is 0.151 e. The third-order valence-electron chi connectivity index (χ3n) is 1.89. The molecule has 1 heterocycles. The number of hydrogen-bond donors (Lipinski definition) is 0. The second-order valence-corrected chi connectivity index (χ2v) is 3.83. The van der Waals surface area contributed by atoms with Crippen molar-refractivity contribution in [3.63, 3.8) is 0 Å². The Kier molecular flexibility index (Phi) is 3.90. The first kappa shape index (κ1) is 10.7. The monoisotopic (exact) mass is 245 g/mol. The molecule has 0 bridgehead atoms. The predicted molar refractivity (Wildman–Crippen MR) is 56.5 cm³/mol. The molecule has 3 nitrogen and oxygen atoms in total. The van der Waals surface area contributed by atoms with Crippen molar-refractivity contribution in [2.75, 3.05) is 0 Å². The van der Waals surface area contributed by atoms with E-state index in [2.05, 4.69) is 26.1 Å². The topological polar surface area (TPSA) is 30.7 Å². The summed E-state index contributed by atoms with van der Waals surface area (Å²) in [6, 6.07) is 0. The summed E-state index contributed by atoms with van der Waals surface area (Å²) in [6.45, 7) is 6.95. The lowest BCUT2D eigenvalue weighted by molar-refractivity contribution is 0.494. The Morgan fingerprint density at radius 1 is 1.38 bits per heavy atom. The molecule has 74 valence electrons. The van der Waals surface area contributed by atoms with E-state index in [0.29, 0.717) is 0 Å². The molecule has 13 heavy (non-hydrogen) atoms. The Bertz CT molecular complexity index is 246. The summed E-state index contributed by atoms with van der Waals surface area (Å²) in [7, 11) is 0. The molecule has 4 heteroatoms. The van der Waals surface area contributed by atoms with Gasteiger partial charge >= 0.3 is 0 Å². The van der Waals surface area contributed by atoms with Gasteiger partial charge in [0.2, 0.25) is 0 Å². The highest BCUT2D eigenvalue weighted by molar-refractivity contribution is 9.10. The molecule has 0 spiro atoms. The minimum atomic E-state index is 0.841. The normalized spacial score (nSPS) is 15.1. The first-order valence-electron chi connectivity index (χ1n) is 4.83. The molecule has 1 aliphatic rings. The van der Waals surface area contributed by atoms with Gasteiger partial charge in [-0.05, 0) is 41.6 Å². The zero-order chi connectivity index (χ0) is 9.84. The third kappa shape index (κ3) is 3.10. The van der Waals surface area contributed by atoms with Gasteiger partial charge in [0.05, 0.1) is 12.2 Å². The highest BCUT2D eigenvalue weighted by Crippen LogP contribution is 2.30. The Labute approximate surface area is 87.6 Å². The lowest BCUT2D eigenvalue weighted by Crippen LogP contribution is -2.03. The number of rotatable bonds is 2. The van der Waals surface area contributed by atoms with E-state index in [9.17, 15) is 0 Å². The summed E-state index contributed by atoms with van der Waals surface area (Å²) in [4.78, 5) is 1.79. The molecule has 1 aromatic rings. The van der Waals surface area contributed by atoms with Crippen LogP contribution in [0.3, 0.4) is 0 Å². The average Bonchev–Trinajstić information content (AvgIpc) is 2.86. The molecule has 1 saturated carbocycles. The number of nitrogens with zero attached hydrogens (tertiary/aromatic N) is 3. The van der Waals surface area contributed by atoms with E-state index in [1.807, 2.05) is 20.8 Å². The van der Waals surface area contributed by atoms with Gasteiger partial charge in [0.25, 0.3) is 0 Å². The summed E-state index contributed by atoms with van der Waals surface area (Å²) in [5.41, 5.74) is 0.977. The van der Waals surface area contributed by atoms with Crippen LogP contribution in [0.2, 0.25) is 0 Å². The SMILES string of the molecule is CC.Cc1nn(CC2CC2)nc1Br. The molecule has 0 unspecified atom stereocenters. The molecule has 0 aliphatic heterocycles. The Morgan fingerprint density at radius 2 is 2.00 bits per heavy atom. The second kappa shape index (κ2) is 4.74.